The predicted octanol–water partition coefficient (Wildman–Crippen LogP) is 1.67. The smallest absolute Gasteiger partial charge is 0.292 e. The van der Waals surface area contributed by atoms with E-state index in [9.17, 15) is 4.79 Å². The summed E-state index contributed by atoms with van der Waals surface area (Å²) in [6, 6.07) is 0. The van der Waals surface area contributed by atoms with Crippen molar-refractivity contribution < 1.29 is 0 Å². The molecular formula is C15H21ClN4O. The maximum absolute atomic E-state index is 12.2. The van der Waals surface area contributed by atoms with Crippen molar-refractivity contribution in [1.82, 2.24) is 14.7 Å². The highest BCUT2D eigenvalue weighted by atomic mass is 35.5. The highest BCUT2D eigenvalue weighted by Gasteiger charge is 2.16. The molecule has 0 aliphatic carbocycles. The number of hydrogen-bond donors (Lipinski definition) is 1. The summed E-state index contributed by atoms with van der Waals surface area (Å²) in [4.78, 5) is 14.6. The zero-order chi connectivity index (χ0) is 15.2. The molecule has 1 fully saturated rings. The van der Waals surface area contributed by atoms with Crippen molar-refractivity contribution in [2.24, 2.45) is 5.92 Å². The molecular weight excluding hydrogens is 288 g/mol. The molecule has 6 heteroatoms. The second-order valence-electron chi connectivity index (χ2n) is 5.53. The molecule has 0 bridgehead atoms. The molecule has 1 aliphatic rings. The molecule has 0 saturated carbocycles. The number of hydrogen-bond acceptors (Lipinski definition) is 4. The molecule has 1 unspecified atom stereocenters. The number of likely N-dealkylation sites (tertiary alicyclic amines) is 1. The minimum absolute atomic E-state index is 0.147. The fourth-order valence-corrected chi connectivity index (χ4v) is 2.77. The lowest BCUT2D eigenvalue weighted by Gasteiger charge is -2.21. The Morgan fingerprint density at radius 2 is 2.24 bits per heavy atom. The van der Waals surface area contributed by atoms with E-state index >= 15 is 0 Å². The minimum atomic E-state index is -0.270. The highest BCUT2D eigenvalue weighted by molar-refractivity contribution is 6.32. The fraction of sp³-hybridized carbons (Fsp3) is 0.600. The van der Waals surface area contributed by atoms with Crippen LogP contribution in [0.3, 0.4) is 0 Å². The SMILES string of the molecule is C#CCn1ncc(Cl)c(NCC(C)CN2CCCC2)c1=O. The molecule has 0 spiro atoms. The molecule has 1 saturated heterocycles. The molecule has 0 aromatic carbocycles. The van der Waals surface area contributed by atoms with Gasteiger partial charge in [0, 0.05) is 13.1 Å². The highest BCUT2D eigenvalue weighted by Crippen LogP contribution is 2.16. The summed E-state index contributed by atoms with van der Waals surface area (Å²) >= 11 is 6.06. The van der Waals surface area contributed by atoms with Gasteiger partial charge in [-0.3, -0.25) is 4.79 Å². The van der Waals surface area contributed by atoms with Gasteiger partial charge in [-0.1, -0.05) is 24.4 Å². The molecule has 1 aliphatic heterocycles. The lowest BCUT2D eigenvalue weighted by atomic mass is 10.1. The van der Waals surface area contributed by atoms with E-state index in [0.717, 1.165) is 6.54 Å². The van der Waals surface area contributed by atoms with E-state index in [-0.39, 0.29) is 12.1 Å². The van der Waals surface area contributed by atoms with Crippen molar-refractivity contribution in [3.63, 3.8) is 0 Å². The Hall–Kier alpha value is -1.51. The number of rotatable bonds is 6. The molecule has 2 rings (SSSR count). The quantitative estimate of drug-likeness (QED) is 0.812. The maximum Gasteiger partial charge on any atom is 0.292 e. The number of terminal acetylenes is 1. The summed E-state index contributed by atoms with van der Waals surface area (Å²) in [5.74, 6) is 2.85. The van der Waals surface area contributed by atoms with Crippen molar-refractivity contribution in [1.29, 1.82) is 0 Å². The van der Waals surface area contributed by atoms with Crippen molar-refractivity contribution in [2.75, 3.05) is 31.5 Å². The Morgan fingerprint density at radius 3 is 2.90 bits per heavy atom. The van der Waals surface area contributed by atoms with E-state index in [4.69, 9.17) is 18.0 Å². The topological polar surface area (TPSA) is 50.2 Å². The number of aromatic nitrogens is 2. The molecule has 0 radical (unpaired) electrons. The predicted molar refractivity (Wildman–Crippen MR) is 85.7 cm³/mol. The Balaban J connectivity index is 1.97. The third-order valence-electron chi connectivity index (χ3n) is 3.63. The van der Waals surface area contributed by atoms with E-state index in [1.807, 2.05) is 0 Å². The molecule has 1 aromatic rings. The molecule has 1 N–H and O–H groups in total. The number of nitrogens with one attached hydrogen (secondary N) is 1. The summed E-state index contributed by atoms with van der Waals surface area (Å²) in [5, 5.41) is 7.41. The van der Waals surface area contributed by atoms with Gasteiger partial charge >= 0.3 is 0 Å². The van der Waals surface area contributed by atoms with Crippen LogP contribution in [0.2, 0.25) is 5.02 Å². The first-order valence-corrected chi connectivity index (χ1v) is 7.65. The van der Waals surface area contributed by atoms with Gasteiger partial charge in [0.05, 0.1) is 11.2 Å². The van der Waals surface area contributed by atoms with Gasteiger partial charge in [0.15, 0.2) is 0 Å². The van der Waals surface area contributed by atoms with Crippen LogP contribution in [0, 0.1) is 18.3 Å². The zero-order valence-electron chi connectivity index (χ0n) is 12.3. The largest absolute Gasteiger partial charge is 0.379 e. The van der Waals surface area contributed by atoms with Gasteiger partial charge in [0.2, 0.25) is 0 Å². The van der Waals surface area contributed by atoms with Gasteiger partial charge in [-0.2, -0.15) is 5.10 Å². The second kappa shape index (κ2) is 7.48. The van der Waals surface area contributed by atoms with E-state index < -0.39 is 0 Å². The minimum Gasteiger partial charge on any atom is -0.379 e. The van der Waals surface area contributed by atoms with Crippen LogP contribution in [0.25, 0.3) is 0 Å². The van der Waals surface area contributed by atoms with Crippen LogP contribution >= 0.6 is 11.6 Å². The number of halogens is 1. The lowest BCUT2D eigenvalue weighted by molar-refractivity contribution is 0.294. The first-order valence-electron chi connectivity index (χ1n) is 7.27. The second-order valence-corrected chi connectivity index (χ2v) is 5.94. The van der Waals surface area contributed by atoms with E-state index in [0.29, 0.717) is 23.2 Å². The fourth-order valence-electron chi connectivity index (χ4n) is 2.57. The van der Waals surface area contributed by atoms with Crippen molar-refractivity contribution in [3.05, 3.63) is 21.6 Å². The summed E-state index contributed by atoms with van der Waals surface area (Å²) in [6.07, 6.45) is 9.24. The molecule has 0 amide bonds. The van der Waals surface area contributed by atoms with Crippen LogP contribution in [-0.2, 0) is 6.54 Å². The van der Waals surface area contributed by atoms with E-state index in [2.05, 4.69) is 28.2 Å². The summed E-state index contributed by atoms with van der Waals surface area (Å²) < 4.78 is 1.24. The first-order chi connectivity index (χ1) is 10.1. The van der Waals surface area contributed by atoms with Gasteiger partial charge in [0.1, 0.15) is 12.2 Å². The zero-order valence-corrected chi connectivity index (χ0v) is 13.1. The van der Waals surface area contributed by atoms with Crippen LogP contribution < -0.4 is 10.9 Å². The molecule has 5 nitrogen and oxygen atoms in total. The van der Waals surface area contributed by atoms with Gasteiger partial charge in [0.25, 0.3) is 5.56 Å². The summed E-state index contributed by atoms with van der Waals surface area (Å²) in [5.41, 5.74) is 0.115. The molecule has 2 heterocycles. The number of nitrogens with zero attached hydrogens (tertiary/aromatic N) is 3. The van der Waals surface area contributed by atoms with Gasteiger partial charge in [-0.15, -0.1) is 6.42 Å². The number of anilines is 1. The normalized spacial score (nSPS) is 16.6. The van der Waals surface area contributed by atoms with E-state index in [1.165, 1.54) is 36.8 Å². The van der Waals surface area contributed by atoms with E-state index in [1.54, 1.807) is 0 Å². The first kappa shape index (κ1) is 15.9. The molecule has 1 atom stereocenters. The summed E-state index contributed by atoms with van der Waals surface area (Å²) in [6.45, 7) is 6.40. The van der Waals surface area contributed by atoms with Crippen molar-refractivity contribution in [2.45, 2.75) is 26.3 Å². The maximum atomic E-state index is 12.2. The molecule has 1 aromatic heterocycles. The Bertz CT molecular complexity index is 572. The van der Waals surface area contributed by atoms with Crippen molar-refractivity contribution >= 4 is 17.3 Å². The van der Waals surface area contributed by atoms with Crippen LogP contribution in [0.15, 0.2) is 11.0 Å². The Morgan fingerprint density at radius 1 is 1.52 bits per heavy atom. The van der Waals surface area contributed by atoms with Crippen LogP contribution in [-0.4, -0.2) is 40.9 Å². The standard InChI is InChI=1S/C15H21ClN4O/c1-3-6-20-15(21)14(13(16)10-18-20)17-9-12(2)11-19-7-4-5-8-19/h1,10,12,17H,4-9,11H2,2H3. The summed E-state index contributed by atoms with van der Waals surface area (Å²) in [7, 11) is 0. The van der Waals surface area contributed by atoms with Gasteiger partial charge in [-0.25, -0.2) is 4.68 Å². The molecule has 21 heavy (non-hydrogen) atoms. The Kier molecular flexibility index (Phi) is 5.66. The average Bonchev–Trinajstić information content (AvgIpc) is 2.95. The van der Waals surface area contributed by atoms with Gasteiger partial charge in [-0.05, 0) is 31.8 Å². The third-order valence-corrected chi connectivity index (χ3v) is 3.92. The lowest BCUT2D eigenvalue weighted by Crippen LogP contribution is -2.31. The average molecular weight is 309 g/mol. The van der Waals surface area contributed by atoms with Crippen LogP contribution in [0.4, 0.5) is 5.69 Å². The monoisotopic (exact) mass is 308 g/mol. The van der Waals surface area contributed by atoms with Crippen molar-refractivity contribution in [3.8, 4) is 12.3 Å². The Labute approximate surface area is 130 Å². The van der Waals surface area contributed by atoms with Crippen LogP contribution in [0.5, 0.6) is 0 Å². The van der Waals surface area contributed by atoms with Crippen LogP contribution in [0.1, 0.15) is 19.8 Å². The molecule has 114 valence electrons. The third kappa shape index (κ3) is 4.23. The van der Waals surface area contributed by atoms with Gasteiger partial charge < -0.3 is 10.2 Å².